The largest absolute Gasteiger partial charge is 0.350 e. The van der Waals surface area contributed by atoms with Crippen molar-refractivity contribution in [3.8, 4) is 5.69 Å². The number of benzene rings is 3. The van der Waals surface area contributed by atoms with Gasteiger partial charge in [0.1, 0.15) is 10.6 Å². The standard InChI is InChI=1S/C31H32Cl3N5O4S/c1-20-29(31(41)39(37(20)2)24-11-4-3-5-12-24)36-44(42,43)27-17-22(16-26(33)28(27)34)30(40)35-18-25-13-6-7-14-38(25)19-21-9-8-10-23(32)15-21/h3-5,8-12,15-17,25,36H,6-7,13-14,18-19H2,1-2H3,(H,35,40). The quantitative estimate of drug-likeness (QED) is 0.225. The van der Waals surface area contributed by atoms with Crippen molar-refractivity contribution in [2.75, 3.05) is 17.8 Å². The molecule has 232 valence electrons. The molecule has 0 spiro atoms. The second-order valence-corrected chi connectivity index (χ2v) is 13.6. The number of likely N-dealkylation sites (tertiary alicyclic amines) is 1. The molecule has 1 aromatic heterocycles. The number of para-hydroxylation sites is 1. The zero-order chi connectivity index (χ0) is 31.6. The van der Waals surface area contributed by atoms with E-state index in [1.54, 1.807) is 42.9 Å². The van der Waals surface area contributed by atoms with E-state index in [1.165, 1.54) is 16.8 Å². The summed E-state index contributed by atoms with van der Waals surface area (Å²) in [5.41, 5.74) is 1.36. The van der Waals surface area contributed by atoms with Crippen LogP contribution in [0.1, 0.15) is 40.9 Å². The Balaban J connectivity index is 1.36. The van der Waals surface area contributed by atoms with Crippen molar-refractivity contribution in [2.24, 2.45) is 7.05 Å². The van der Waals surface area contributed by atoms with Crippen LogP contribution in [-0.2, 0) is 23.6 Å². The Bertz CT molecular complexity index is 1860. The van der Waals surface area contributed by atoms with Gasteiger partial charge in [-0.2, -0.15) is 0 Å². The Morgan fingerprint density at radius 1 is 1.00 bits per heavy atom. The lowest BCUT2D eigenvalue weighted by atomic mass is 10.0. The number of rotatable bonds is 9. The van der Waals surface area contributed by atoms with Gasteiger partial charge in [-0.1, -0.05) is 71.6 Å². The fourth-order valence-electron chi connectivity index (χ4n) is 5.45. The van der Waals surface area contributed by atoms with Crippen molar-refractivity contribution in [1.82, 2.24) is 19.6 Å². The Hall–Kier alpha value is -3.28. The number of nitrogens with one attached hydrogen (secondary N) is 2. The van der Waals surface area contributed by atoms with Gasteiger partial charge in [-0.15, -0.1) is 0 Å². The average Bonchev–Trinajstić information content (AvgIpc) is 3.20. The number of aromatic nitrogens is 2. The first kappa shape index (κ1) is 32.1. The van der Waals surface area contributed by atoms with Crippen LogP contribution in [-0.4, -0.2) is 47.7 Å². The highest BCUT2D eigenvalue weighted by Crippen LogP contribution is 2.32. The van der Waals surface area contributed by atoms with Crippen LogP contribution in [0.25, 0.3) is 5.69 Å². The molecule has 13 heteroatoms. The van der Waals surface area contributed by atoms with Gasteiger partial charge in [-0.25, -0.2) is 13.1 Å². The van der Waals surface area contributed by atoms with E-state index >= 15 is 0 Å². The molecule has 1 fully saturated rings. The molecule has 1 saturated heterocycles. The molecule has 0 radical (unpaired) electrons. The summed E-state index contributed by atoms with van der Waals surface area (Å²) in [7, 11) is -2.78. The molecule has 2 N–H and O–H groups in total. The van der Waals surface area contributed by atoms with Crippen molar-refractivity contribution in [3.63, 3.8) is 0 Å². The molecule has 2 heterocycles. The molecule has 1 aliphatic rings. The van der Waals surface area contributed by atoms with E-state index in [1.807, 2.05) is 30.3 Å². The third-order valence-corrected chi connectivity index (χ3v) is 10.4. The van der Waals surface area contributed by atoms with E-state index in [4.69, 9.17) is 34.8 Å². The average molecular weight is 677 g/mol. The van der Waals surface area contributed by atoms with E-state index in [0.717, 1.165) is 31.4 Å². The molecular weight excluding hydrogens is 645 g/mol. The van der Waals surface area contributed by atoms with Crippen LogP contribution < -0.4 is 15.6 Å². The molecule has 0 aliphatic carbocycles. The zero-order valence-corrected chi connectivity index (χ0v) is 27.3. The minimum absolute atomic E-state index is 0.0310. The van der Waals surface area contributed by atoms with Crippen LogP contribution >= 0.6 is 34.8 Å². The van der Waals surface area contributed by atoms with E-state index < -0.39 is 26.4 Å². The van der Waals surface area contributed by atoms with Gasteiger partial charge in [0, 0.05) is 36.8 Å². The lowest BCUT2D eigenvalue weighted by Gasteiger charge is -2.36. The SMILES string of the molecule is Cc1c(NS(=O)(=O)c2cc(C(=O)NCC3CCCCN3Cc3cccc(Cl)c3)cc(Cl)c2Cl)c(=O)n(-c2ccccc2)n1C. The Morgan fingerprint density at radius 2 is 1.75 bits per heavy atom. The van der Waals surface area contributed by atoms with Crippen LogP contribution in [0.4, 0.5) is 5.69 Å². The van der Waals surface area contributed by atoms with Crippen LogP contribution in [0.2, 0.25) is 15.1 Å². The summed E-state index contributed by atoms with van der Waals surface area (Å²) in [6.07, 6.45) is 3.00. The molecule has 9 nitrogen and oxygen atoms in total. The maximum absolute atomic E-state index is 13.6. The van der Waals surface area contributed by atoms with Crippen molar-refractivity contribution >= 4 is 56.4 Å². The van der Waals surface area contributed by atoms with Crippen LogP contribution in [0, 0.1) is 6.92 Å². The molecule has 0 bridgehead atoms. The molecule has 1 atom stereocenters. The number of sulfonamides is 1. The molecule has 1 unspecified atom stereocenters. The lowest BCUT2D eigenvalue weighted by molar-refractivity contribution is 0.0907. The molecule has 0 saturated carbocycles. The van der Waals surface area contributed by atoms with Gasteiger partial charge in [0.05, 0.1) is 21.4 Å². The highest BCUT2D eigenvalue weighted by Gasteiger charge is 2.28. The van der Waals surface area contributed by atoms with Gasteiger partial charge >= 0.3 is 0 Å². The van der Waals surface area contributed by atoms with E-state index in [2.05, 4.69) is 14.9 Å². The lowest BCUT2D eigenvalue weighted by Crippen LogP contribution is -2.46. The van der Waals surface area contributed by atoms with Crippen LogP contribution in [0.15, 0.2) is 76.4 Å². The third kappa shape index (κ3) is 6.84. The van der Waals surface area contributed by atoms with E-state index in [9.17, 15) is 18.0 Å². The number of hydrogen-bond acceptors (Lipinski definition) is 5. The molecule has 1 amide bonds. The topological polar surface area (TPSA) is 105 Å². The summed E-state index contributed by atoms with van der Waals surface area (Å²) in [6.45, 7) is 3.58. The number of anilines is 1. The summed E-state index contributed by atoms with van der Waals surface area (Å²) >= 11 is 18.8. The Kier molecular flexibility index (Phi) is 9.77. The summed E-state index contributed by atoms with van der Waals surface area (Å²) in [5.74, 6) is -0.490. The first-order valence-electron chi connectivity index (χ1n) is 14.1. The first-order chi connectivity index (χ1) is 21.0. The van der Waals surface area contributed by atoms with Gasteiger partial charge in [0.25, 0.3) is 21.5 Å². The summed E-state index contributed by atoms with van der Waals surface area (Å²) in [6, 6.07) is 19.1. The minimum Gasteiger partial charge on any atom is -0.350 e. The molecular formula is C31H32Cl3N5O4S. The fourth-order valence-corrected chi connectivity index (χ4v) is 7.59. The van der Waals surface area contributed by atoms with E-state index in [-0.39, 0.29) is 27.3 Å². The van der Waals surface area contributed by atoms with Gasteiger partial charge in [-0.05, 0) is 68.3 Å². The maximum atomic E-state index is 13.6. The number of halogens is 3. The summed E-state index contributed by atoms with van der Waals surface area (Å²) < 4.78 is 32.5. The second kappa shape index (κ2) is 13.4. The Labute approximate surface area is 271 Å². The predicted octanol–water partition coefficient (Wildman–Crippen LogP) is 6.03. The number of nitrogens with zero attached hydrogens (tertiary/aromatic N) is 3. The fraction of sp³-hybridized carbons (Fsp3) is 0.290. The number of carbonyl (C=O) groups excluding carboxylic acids is 1. The monoisotopic (exact) mass is 675 g/mol. The molecule has 3 aromatic carbocycles. The predicted molar refractivity (Wildman–Crippen MR) is 175 cm³/mol. The van der Waals surface area contributed by atoms with Gasteiger partial charge in [0.2, 0.25) is 0 Å². The highest BCUT2D eigenvalue weighted by molar-refractivity contribution is 7.92. The summed E-state index contributed by atoms with van der Waals surface area (Å²) in [4.78, 5) is 28.5. The van der Waals surface area contributed by atoms with Crippen molar-refractivity contribution in [2.45, 2.75) is 43.7 Å². The normalized spacial score (nSPS) is 15.7. The number of hydrogen-bond donors (Lipinski definition) is 2. The minimum atomic E-state index is -4.43. The number of carbonyl (C=O) groups is 1. The maximum Gasteiger partial charge on any atom is 0.296 e. The molecule has 5 rings (SSSR count). The second-order valence-electron chi connectivity index (χ2n) is 10.8. The van der Waals surface area contributed by atoms with E-state index in [0.29, 0.717) is 29.5 Å². The van der Waals surface area contributed by atoms with Gasteiger partial charge in [-0.3, -0.25) is 23.9 Å². The first-order valence-corrected chi connectivity index (χ1v) is 16.7. The third-order valence-electron chi connectivity index (χ3n) is 7.86. The van der Waals surface area contributed by atoms with Crippen LogP contribution in [0.3, 0.4) is 0 Å². The zero-order valence-electron chi connectivity index (χ0n) is 24.2. The highest BCUT2D eigenvalue weighted by atomic mass is 35.5. The number of amides is 1. The smallest absolute Gasteiger partial charge is 0.296 e. The van der Waals surface area contributed by atoms with Gasteiger partial charge < -0.3 is 5.32 Å². The van der Waals surface area contributed by atoms with Crippen molar-refractivity contribution in [1.29, 1.82) is 0 Å². The number of piperidine rings is 1. The summed E-state index contributed by atoms with van der Waals surface area (Å²) in [5, 5.41) is 3.25. The van der Waals surface area contributed by atoms with Crippen molar-refractivity contribution < 1.29 is 13.2 Å². The molecule has 1 aliphatic heterocycles. The van der Waals surface area contributed by atoms with Crippen LogP contribution in [0.5, 0.6) is 0 Å². The van der Waals surface area contributed by atoms with Gasteiger partial charge in [0.15, 0.2) is 0 Å². The van der Waals surface area contributed by atoms with Crippen molar-refractivity contribution in [3.05, 3.63) is 109 Å². The molecule has 44 heavy (non-hydrogen) atoms. The Morgan fingerprint density at radius 3 is 2.48 bits per heavy atom. The molecule has 4 aromatic rings.